The van der Waals surface area contributed by atoms with Crippen molar-refractivity contribution in [2.24, 2.45) is 5.92 Å². The summed E-state index contributed by atoms with van der Waals surface area (Å²) < 4.78 is 19.3. The third kappa shape index (κ3) is 3.31. The Hall–Kier alpha value is -1.46. The number of rotatable bonds is 3. The molecule has 1 aliphatic heterocycles. The fourth-order valence-corrected chi connectivity index (χ4v) is 3.40. The monoisotopic (exact) mass is 306 g/mol. The predicted molar refractivity (Wildman–Crippen MR) is 82.0 cm³/mol. The third-order valence-corrected chi connectivity index (χ3v) is 4.66. The molecular formula is C17H23FN2O2. The van der Waals surface area contributed by atoms with E-state index >= 15 is 0 Å². The van der Waals surface area contributed by atoms with E-state index in [2.05, 4.69) is 17.6 Å². The van der Waals surface area contributed by atoms with E-state index in [9.17, 15) is 9.18 Å². The average molecular weight is 306 g/mol. The molecule has 120 valence electrons. The Morgan fingerprint density at radius 1 is 1.50 bits per heavy atom. The number of ether oxygens (including phenoxy) is 1. The van der Waals surface area contributed by atoms with E-state index in [1.165, 1.54) is 6.07 Å². The Balaban J connectivity index is 1.69. The largest absolute Gasteiger partial charge is 0.378 e. The lowest BCUT2D eigenvalue weighted by atomic mass is 9.80. The van der Waals surface area contributed by atoms with Crippen LogP contribution in [0.3, 0.4) is 0 Å². The molecule has 0 spiro atoms. The molecule has 1 aromatic rings. The van der Waals surface area contributed by atoms with Crippen molar-refractivity contribution < 1.29 is 13.9 Å². The highest BCUT2D eigenvalue weighted by atomic mass is 19.1. The van der Waals surface area contributed by atoms with Gasteiger partial charge < -0.3 is 15.4 Å². The molecule has 3 unspecified atom stereocenters. The summed E-state index contributed by atoms with van der Waals surface area (Å²) in [6.45, 7) is 4.16. The van der Waals surface area contributed by atoms with Crippen LogP contribution in [0.5, 0.6) is 0 Å². The summed E-state index contributed by atoms with van der Waals surface area (Å²) in [5, 5.41) is 6.38. The maximum absolute atomic E-state index is 13.9. The number of halogens is 1. The van der Waals surface area contributed by atoms with Crippen LogP contribution in [0.4, 0.5) is 4.39 Å². The molecule has 22 heavy (non-hydrogen) atoms. The van der Waals surface area contributed by atoms with Gasteiger partial charge in [-0.2, -0.15) is 0 Å². The highest BCUT2D eigenvalue weighted by molar-refractivity contribution is 5.77. The molecule has 0 saturated carbocycles. The summed E-state index contributed by atoms with van der Waals surface area (Å²) in [7, 11) is 0. The average Bonchev–Trinajstić information content (AvgIpc) is 2.51. The van der Waals surface area contributed by atoms with Gasteiger partial charge >= 0.3 is 0 Å². The van der Waals surface area contributed by atoms with Gasteiger partial charge in [-0.1, -0.05) is 19.1 Å². The lowest BCUT2D eigenvalue weighted by Gasteiger charge is -2.33. The van der Waals surface area contributed by atoms with Crippen molar-refractivity contribution in [2.75, 3.05) is 19.8 Å². The quantitative estimate of drug-likeness (QED) is 0.897. The zero-order valence-corrected chi connectivity index (χ0v) is 12.9. The van der Waals surface area contributed by atoms with Crippen LogP contribution in [0, 0.1) is 11.7 Å². The number of morpholine rings is 1. The van der Waals surface area contributed by atoms with Crippen LogP contribution in [-0.4, -0.2) is 31.7 Å². The molecule has 0 aromatic heterocycles. The SMILES string of the molecule is CC1CCc2c(F)cccc2C1NC(=O)CC1COCCN1. The van der Waals surface area contributed by atoms with Crippen LogP contribution in [0.2, 0.25) is 0 Å². The Labute approximate surface area is 130 Å². The van der Waals surface area contributed by atoms with Gasteiger partial charge in [0.25, 0.3) is 0 Å². The molecule has 3 atom stereocenters. The summed E-state index contributed by atoms with van der Waals surface area (Å²) in [5.41, 5.74) is 1.69. The second kappa shape index (κ2) is 6.75. The summed E-state index contributed by atoms with van der Waals surface area (Å²) in [6.07, 6.45) is 2.03. The zero-order chi connectivity index (χ0) is 15.5. The van der Waals surface area contributed by atoms with Crippen LogP contribution in [0.25, 0.3) is 0 Å². The second-order valence-corrected chi connectivity index (χ2v) is 6.30. The summed E-state index contributed by atoms with van der Waals surface area (Å²) in [6, 6.07) is 5.12. The maximum Gasteiger partial charge on any atom is 0.222 e. The number of carbonyl (C=O) groups excluding carboxylic acids is 1. The molecule has 0 radical (unpaired) electrons. The van der Waals surface area contributed by atoms with Gasteiger partial charge in [0.2, 0.25) is 5.91 Å². The van der Waals surface area contributed by atoms with Crippen molar-refractivity contribution in [1.29, 1.82) is 0 Å². The minimum atomic E-state index is -0.161. The molecule has 5 heteroatoms. The highest BCUT2D eigenvalue weighted by Crippen LogP contribution is 2.35. The van der Waals surface area contributed by atoms with E-state index in [1.807, 2.05) is 6.07 Å². The van der Waals surface area contributed by atoms with Crippen molar-refractivity contribution in [2.45, 2.75) is 38.3 Å². The summed E-state index contributed by atoms with van der Waals surface area (Å²) in [5.74, 6) is 0.150. The molecule has 1 saturated heterocycles. The second-order valence-electron chi connectivity index (χ2n) is 6.30. The van der Waals surface area contributed by atoms with Gasteiger partial charge in [0.15, 0.2) is 0 Å². The molecule has 1 heterocycles. The van der Waals surface area contributed by atoms with Gasteiger partial charge in [-0.15, -0.1) is 0 Å². The van der Waals surface area contributed by atoms with E-state index in [0.717, 1.165) is 30.5 Å². The molecule has 1 fully saturated rings. The number of hydrogen-bond donors (Lipinski definition) is 2. The standard InChI is InChI=1S/C17H23FN2O2/c1-11-5-6-13-14(3-2-4-15(13)18)17(11)20-16(21)9-12-10-22-8-7-19-12/h2-4,11-12,17,19H,5-10H2,1H3,(H,20,21). The van der Waals surface area contributed by atoms with Gasteiger partial charge in [0, 0.05) is 19.0 Å². The number of nitrogens with one attached hydrogen (secondary N) is 2. The Bertz CT molecular complexity index is 543. The molecule has 2 N–H and O–H groups in total. The smallest absolute Gasteiger partial charge is 0.222 e. The Morgan fingerprint density at radius 2 is 2.36 bits per heavy atom. The number of amides is 1. The van der Waals surface area contributed by atoms with Crippen molar-refractivity contribution in [3.63, 3.8) is 0 Å². The van der Waals surface area contributed by atoms with Crippen molar-refractivity contribution in [3.05, 3.63) is 35.1 Å². The van der Waals surface area contributed by atoms with Gasteiger partial charge in [-0.3, -0.25) is 4.79 Å². The Morgan fingerprint density at radius 3 is 3.14 bits per heavy atom. The first kappa shape index (κ1) is 15.4. The third-order valence-electron chi connectivity index (χ3n) is 4.66. The lowest BCUT2D eigenvalue weighted by Crippen LogP contribution is -2.45. The van der Waals surface area contributed by atoms with E-state index in [1.54, 1.807) is 6.07 Å². The minimum absolute atomic E-state index is 0.00281. The normalized spacial score (nSPS) is 28.0. The number of hydrogen-bond acceptors (Lipinski definition) is 3. The van der Waals surface area contributed by atoms with Crippen LogP contribution >= 0.6 is 0 Å². The van der Waals surface area contributed by atoms with Crippen molar-refractivity contribution in [3.8, 4) is 0 Å². The fraction of sp³-hybridized carbons (Fsp3) is 0.588. The van der Waals surface area contributed by atoms with Gasteiger partial charge in [0.05, 0.1) is 19.3 Å². The first-order valence-corrected chi connectivity index (χ1v) is 8.03. The van der Waals surface area contributed by atoms with E-state index in [0.29, 0.717) is 25.6 Å². The Kier molecular flexibility index (Phi) is 4.74. The van der Waals surface area contributed by atoms with Crippen LogP contribution < -0.4 is 10.6 Å². The van der Waals surface area contributed by atoms with Crippen LogP contribution in [0.15, 0.2) is 18.2 Å². The van der Waals surface area contributed by atoms with Crippen LogP contribution in [0.1, 0.15) is 36.9 Å². The number of benzene rings is 1. The van der Waals surface area contributed by atoms with E-state index in [4.69, 9.17) is 4.74 Å². The lowest BCUT2D eigenvalue weighted by molar-refractivity contribution is -0.123. The first-order chi connectivity index (χ1) is 10.6. The van der Waals surface area contributed by atoms with Crippen LogP contribution in [-0.2, 0) is 16.0 Å². The predicted octanol–water partition coefficient (Wildman–Crippen LogP) is 1.94. The number of carbonyl (C=O) groups is 1. The maximum atomic E-state index is 13.9. The van der Waals surface area contributed by atoms with Crippen molar-refractivity contribution in [1.82, 2.24) is 10.6 Å². The molecule has 2 aliphatic rings. The first-order valence-electron chi connectivity index (χ1n) is 8.03. The molecule has 1 aliphatic carbocycles. The van der Waals surface area contributed by atoms with Gasteiger partial charge in [0.1, 0.15) is 5.82 Å². The molecule has 1 amide bonds. The van der Waals surface area contributed by atoms with E-state index in [-0.39, 0.29) is 23.8 Å². The highest BCUT2D eigenvalue weighted by Gasteiger charge is 2.30. The molecule has 4 nitrogen and oxygen atoms in total. The fourth-order valence-electron chi connectivity index (χ4n) is 3.40. The molecule has 3 rings (SSSR count). The number of fused-ring (bicyclic) bond motifs is 1. The zero-order valence-electron chi connectivity index (χ0n) is 12.9. The van der Waals surface area contributed by atoms with Gasteiger partial charge in [-0.25, -0.2) is 4.39 Å². The molecule has 1 aromatic carbocycles. The topological polar surface area (TPSA) is 50.4 Å². The summed E-state index contributed by atoms with van der Waals surface area (Å²) >= 11 is 0. The summed E-state index contributed by atoms with van der Waals surface area (Å²) in [4.78, 5) is 12.3. The minimum Gasteiger partial charge on any atom is -0.378 e. The van der Waals surface area contributed by atoms with Gasteiger partial charge in [-0.05, 0) is 36.0 Å². The van der Waals surface area contributed by atoms with E-state index < -0.39 is 0 Å². The molecular weight excluding hydrogens is 283 g/mol. The van der Waals surface area contributed by atoms with Crippen molar-refractivity contribution >= 4 is 5.91 Å². The molecule has 0 bridgehead atoms.